The van der Waals surface area contributed by atoms with Crippen molar-refractivity contribution >= 4 is 9.04 Å². The number of hydrogen-bond donors (Lipinski definition) is 0. The Morgan fingerprint density at radius 3 is 1.94 bits per heavy atom. The quantitative estimate of drug-likeness (QED) is 0.673. The van der Waals surface area contributed by atoms with Crippen molar-refractivity contribution in [3.05, 3.63) is 0 Å². The zero-order valence-electron chi connectivity index (χ0n) is 12.0. The smallest absolute Gasteiger partial charge is 0.171 e. The van der Waals surface area contributed by atoms with Crippen LogP contribution in [0.4, 0.5) is 0 Å². The molecule has 16 heavy (non-hydrogen) atoms. The van der Waals surface area contributed by atoms with Crippen LogP contribution in [-0.4, -0.2) is 15.1 Å². The first-order valence-electron chi connectivity index (χ1n) is 6.96. The summed E-state index contributed by atoms with van der Waals surface area (Å²) in [6, 6.07) is 0. The molecule has 96 valence electrons. The minimum absolute atomic E-state index is 0.308. The molecule has 0 aromatic rings. The average Bonchev–Trinajstić information content (AvgIpc) is 2.14. The van der Waals surface area contributed by atoms with Gasteiger partial charge in [-0.1, -0.05) is 40.5 Å². The lowest BCUT2D eigenvalue weighted by Gasteiger charge is -2.41. The molecule has 1 rings (SSSR count). The molecule has 0 saturated heterocycles. The van der Waals surface area contributed by atoms with Gasteiger partial charge in [0.25, 0.3) is 0 Å². The number of hydrogen-bond acceptors (Lipinski definition) is 1. The van der Waals surface area contributed by atoms with E-state index >= 15 is 0 Å². The van der Waals surface area contributed by atoms with Crippen molar-refractivity contribution < 1.29 is 4.43 Å². The minimum atomic E-state index is -0.915. The summed E-state index contributed by atoms with van der Waals surface area (Å²) >= 11 is 0. The van der Waals surface area contributed by atoms with E-state index in [4.69, 9.17) is 4.43 Å². The van der Waals surface area contributed by atoms with Crippen molar-refractivity contribution in [2.45, 2.75) is 72.6 Å². The summed E-state index contributed by atoms with van der Waals surface area (Å²) in [4.78, 5) is 0. The van der Waals surface area contributed by atoms with E-state index in [1.54, 1.807) is 0 Å². The Morgan fingerprint density at radius 1 is 1.06 bits per heavy atom. The lowest BCUT2D eigenvalue weighted by Crippen LogP contribution is -2.40. The summed E-state index contributed by atoms with van der Waals surface area (Å²) in [5.41, 5.74) is 0.308. The van der Waals surface area contributed by atoms with Crippen LogP contribution in [0.15, 0.2) is 0 Å². The highest BCUT2D eigenvalue weighted by molar-refractivity contribution is 6.48. The van der Waals surface area contributed by atoms with Crippen LogP contribution in [0, 0.1) is 17.3 Å². The average molecular weight is 242 g/mol. The maximum Gasteiger partial charge on any atom is 0.171 e. The molecule has 1 nitrogen and oxygen atoms in total. The van der Waals surface area contributed by atoms with E-state index in [1.165, 1.54) is 25.7 Å². The molecule has 0 aromatic carbocycles. The van der Waals surface area contributed by atoms with Crippen LogP contribution in [0.1, 0.15) is 53.4 Å². The van der Waals surface area contributed by atoms with Gasteiger partial charge in [-0.25, -0.2) is 0 Å². The van der Waals surface area contributed by atoms with Gasteiger partial charge in [0, 0.05) is 0 Å². The molecule has 0 bridgehead atoms. The summed E-state index contributed by atoms with van der Waals surface area (Å²) in [6.45, 7) is 14.0. The monoisotopic (exact) mass is 242 g/mol. The fraction of sp³-hybridized carbons (Fsp3) is 1.00. The topological polar surface area (TPSA) is 9.23 Å². The predicted octanol–water partition coefficient (Wildman–Crippen LogP) is 4.23. The normalized spacial score (nSPS) is 29.4. The van der Waals surface area contributed by atoms with Crippen molar-refractivity contribution in [1.29, 1.82) is 0 Å². The van der Waals surface area contributed by atoms with Crippen LogP contribution >= 0.6 is 0 Å². The summed E-state index contributed by atoms with van der Waals surface area (Å²) in [5.74, 6) is 1.75. The van der Waals surface area contributed by atoms with Gasteiger partial charge >= 0.3 is 0 Å². The molecule has 1 fully saturated rings. The van der Waals surface area contributed by atoms with Crippen LogP contribution in [0.25, 0.3) is 0 Å². The lowest BCUT2D eigenvalue weighted by molar-refractivity contribution is 0.0124. The molecule has 1 saturated carbocycles. The van der Waals surface area contributed by atoms with Crippen LogP contribution in [0.2, 0.25) is 13.1 Å². The third-order valence-electron chi connectivity index (χ3n) is 3.76. The van der Waals surface area contributed by atoms with E-state index in [2.05, 4.69) is 40.8 Å². The molecular formula is C14H30OSi. The molecule has 0 heterocycles. The maximum atomic E-state index is 6.33. The third kappa shape index (κ3) is 4.21. The van der Waals surface area contributed by atoms with Crippen molar-refractivity contribution in [3.8, 4) is 0 Å². The fourth-order valence-corrected chi connectivity index (χ4v) is 4.12. The first kappa shape index (κ1) is 14.2. The molecule has 0 spiro atoms. The zero-order chi connectivity index (χ0) is 12.3. The van der Waals surface area contributed by atoms with Gasteiger partial charge in [-0.3, -0.25) is 0 Å². The molecule has 0 N–H and O–H groups in total. The van der Waals surface area contributed by atoms with Crippen molar-refractivity contribution in [2.75, 3.05) is 0 Å². The Kier molecular flexibility index (Phi) is 5.05. The summed E-state index contributed by atoms with van der Waals surface area (Å²) < 4.78 is 6.33. The van der Waals surface area contributed by atoms with Gasteiger partial charge in [0.05, 0.1) is 6.10 Å². The van der Waals surface area contributed by atoms with Gasteiger partial charge in [-0.2, -0.15) is 0 Å². The minimum Gasteiger partial charge on any atom is -0.417 e. The molecule has 0 radical (unpaired) electrons. The molecule has 1 aliphatic rings. The third-order valence-corrected chi connectivity index (χ3v) is 4.60. The van der Waals surface area contributed by atoms with Gasteiger partial charge in [-0.05, 0) is 43.2 Å². The second kappa shape index (κ2) is 5.68. The van der Waals surface area contributed by atoms with Crippen LogP contribution in [0.5, 0.6) is 0 Å². The molecule has 2 heteroatoms. The molecule has 0 aromatic heterocycles. The van der Waals surface area contributed by atoms with Crippen molar-refractivity contribution in [3.63, 3.8) is 0 Å². The Labute approximate surface area is 104 Å². The van der Waals surface area contributed by atoms with Crippen molar-refractivity contribution in [2.24, 2.45) is 17.3 Å². The lowest BCUT2D eigenvalue weighted by atomic mass is 9.73. The van der Waals surface area contributed by atoms with E-state index in [0.717, 1.165) is 11.8 Å². The summed E-state index contributed by atoms with van der Waals surface area (Å²) in [5, 5.41) is 0. The Hall–Kier alpha value is 0.177. The van der Waals surface area contributed by atoms with Crippen LogP contribution in [0.3, 0.4) is 0 Å². The molecular weight excluding hydrogens is 212 g/mol. The highest BCUT2D eigenvalue weighted by Gasteiger charge is 2.35. The highest BCUT2D eigenvalue weighted by Crippen LogP contribution is 2.38. The molecule has 1 atom stereocenters. The number of rotatable bonds is 3. The van der Waals surface area contributed by atoms with E-state index < -0.39 is 9.04 Å². The van der Waals surface area contributed by atoms with Gasteiger partial charge < -0.3 is 4.43 Å². The van der Waals surface area contributed by atoms with E-state index in [0.29, 0.717) is 11.5 Å². The summed E-state index contributed by atoms with van der Waals surface area (Å²) in [7, 11) is -0.915. The molecule has 1 unspecified atom stereocenters. The largest absolute Gasteiger partial charge is 0.417 e. The van der Waals surface area contributed by atoms with Gasteiger partial charge in [-0.15, -0.1) is 0 Å². The van der Waals surface area contributed by atoms with Crippen LogP contribution < -0.4 is 0 Å². The Balaban J connectivity index is 2.62. The Morgan fingerprint density at radius 2 is 1.56 bits per heavy atom. The molecule has 0 aliphatic heterocycles. The first-order chi connectivity index (χ1) is 7.30. The SMILES string of the molecule is CC1CCC(C(O[SiH](C)C)C(C)(C)C)CC1. The van der Waals surface area contributed by atoms with E-state index in [-0.39, 0.29) is 0 Å². The maximum absolute atomic E-state index is 6.33. The molecule has 0 amide bonds. The zero-order valence-corrected chi connectivity index (χ0v) is 13.2. The molecule has 1 aliphatic carbocycles. The summed E-state index contributed by atoms with van der Waals surface area (Å²) in [6.07, 6.45) is 6.06. The van der Waals surface area contributed by atoms with Crippen molar-refractivity contribution in [1.82, 2.24) is 0 Å². The standard InChI is InChI=1S/C14H30OSi/c1-11-7-9-12(10-8-11)13(14(2,3)4)15-16(5)6/h11-13,16H,7-10H2,1-6H3. The van der Waals surface area contributed by atoms with E-state index in [9.17, 15) is 0 Å². The predicted molar refractivity (Wildman–Crippen MR) is 74.3 cm³/mol. The first-order valence-corrected chi connectivity index (χ1v) is 9.74. The van der Waals surface area contributed by atoms with Gasteiger partial charge in [0.15, 0.2) is 9.04 Å². The second-order valence-corrected chi connectivity index (χ2v) is 9.36. The highest BCUT2D eigenvalue weighted by atomic mass is 28.3. The van der Waals surface area contributed by atoms with Crippen LogP contribution in [-0.2, 0) is 4.43 Å². The fourth-order valence-electron chi connectivity index (χ4n) is 2.90. The van der Waals surface area contributed by atoms with E-state index in [1.807, 2.05) is 0 Å². The second-order valence-electron chi connectivity index (χ2n) is 6.99. The van der Waals surface area contributed by atoms with Gasteiger partial charge in [0.1, 0.15) is 0 Å². The van der Waals surface area contributed by atoms with Gasteiger partial charge in [0.2, 0.25) is 0 Å². The Bertz CT molecular complexity index is 199.